The highest BCUT2D eigenvalue weighted by Crippen LogP contribution is 2.22. The summed E-state index contributed by atoms with van der Waals surface area (Å²) < 4.78 is 5.99. The molecule has 0 aliphatic heterocycles. The summed E-state index contributed by atoms with van der Waals surface area (Å²) >= 11 is 0. The highest BCUT2D eigenvalue weighted by atomic mass is 16.5. The summed E-state index contributed by atoms with van der Waals surface area (Å²) in [5, 5.41) is 5.24. The number of rotatable bonds is 9. The molecule has 1 atom stereocenters. The molecule has 4 nitrogen and oxygen atoms in total. The van der Waals surface area contributed by atoms with Crippen molar-refractivity contribution in [3.05, 3.63) is 72.3 Å². The molecule has 0 aliphatic carbocycles. The molecule has 0 spiro atoms. The minimum Gasteiger partial charge on any atom is -0.481 e. The van der Waals surface area contributed by atoms with Crippen LogP contribution in [0.4, 0.5) is 5.69 Å². The van der Waals surface area contributed by atoms with Crippen LogP contribution in [0.15, 0.2) is 66.7 Å². The van der Waals surface area contributed by atoms with Crippen LogP contribution in [-0.2, 0) is 11.3 Å². The normalized spacial score (nSPS) is 12.1. The molecule has 1 amide bonds. The highest BCUT2D eigenvalue weighted by Gasteiger charge is 2.18. The second-order valence-electron chi connectivity index (χ2n) is 7.17. The topological polar surface area (TPSA) is 41.6 Å². The Balaban J connectivity index is 1.63. The minimum atomic E-state index is -0.536. The largest absolute Gasteiger partial charge is 0.481 e. The van der Waals surface area contributed by atoms with Gasteiger partial charge in [0.25, 0.3) is 5.91 Å². The molecule has 0 fully saturated rings. The van der Waals surface area contributed by atoms with Crippen LogP contribution >= 0.6 is 0 Å². The molecular weight excluding hydrogens is 360 g/mol. The van der Waals surface area contributed by atoms with E-state index in [4.69, 9.17) is 4.74 Å². The molecule has 3 aromatic rings. The number of anilines is 1. The van der Waals surface area contributed by atoms with Gasteiger partial charge < -0.3 is 10.1 Å². The van der Waals surface area contributed by atoms with Crippen LogP contribution in [0.2, 0.25) is 0 Å². The summed E-state index contributed by atoms with van der Waals surface area (Å²) in [4.78, 5) is 15.1. The van der Waals surface area contributed by atoms with E-state index in [0.29, 0.717) is 12.2 Å². The molecule has 0 aromatic heterocycles. The van der Waals surface area contributed by atoms with Gasteiger partial charge in [0.15, 0.2) is 6.10 Å². The fraction of sp³-hybridized carbons (Fsp3) is 0.320. The Morgan fingerprint density at radius 3 is 2.28 bits per heavy atom. The van der Waals surface area contributed by atoms with Crippen LogP contribution in [0, 0.1) is 0 Å². The maximum absolute atomic E-state index is 12.7. The maximum Gasteiger partial charge on any atom is 0.265 e. The van der Waals surface area contributed by atoms with E-state index in [1.165, 1.54) is 5.56 Å². The van der Waals surface area contributed by atoms with Gasteiger partial charge in [-0.3, -0.25) is 9.69 Å². The number of hydrogen-bond donors (Lipinski definition) is 1. The summed E-state index contributed by atoms with van der Waals surface area (Å²) in [6.45, 7) is 9.26. The van der Waals surface area contributed by atoms with Crippen LogP contribution in [0.25, 0.3) is 10.8 Å². The first-order valence-electron chi connectivity index (χ1n) is 10.4. The standard InChI is InChI=1S/C25H30N2O2/c1-4-24(29-23-16-13-20-9-7-8-10-21(20)17-23)25(28)26-22-14-11-19(12-15-22)18-27(5-2)6-3/h7-17,24H,4-6,18H2,1-3H3,(H,26,28)/t24-/m1/s1. The van der Waals surface area contributed by atoms with Crippen molar-refractivity contribution in [1.29, 1.82) is 0 Å². The number of carbonyl (C=O) groups is 1. The third-order valence-electron chi connectivity index (χ3n) is 5.18. The molecule has 0 bridgehead atoms. The fourth-order valence-electron chi connectivity index (χ4n) is 3.35. The van der Waals surface area contributed by atoms with Crippen molar-refractivity contribution in [2.75, 3.05) is 18.4 Å². The lowest BCUT2D eigenvalue weighted by atomic mass is 10.1. The number of ether oxygens (including phenoxy) is 1. The Bertz CT molecular complexity index is 933. The van der Waals surface area contributed by atoms with Gasteiger partial charge in [-0.25, -0.2) is 0 Å². The molecule has 0 radical (unpaired) electrons. The summed E-state index contributed by atoms with van der Waals surface area (Å²) in [6.07, 6.45) is 0.0603. The number of nitrogens with zero attached hydrogens (tertiary/aromatic N) is 1. The van der Waals surface area contributed by atoms with Crippen molar-refractivity contribution in [2.24, 2.45) is 0 Å². The highest BCUT2D eigenvalue weighted by molar-refractivity contribution is 5.94. The lowest BCUT2D eigenvalue weighted by Gasteiger charge is -2.19. The smallest absolute Gasteiger partial charge is 0.265 e. The van der Waals surface area contributed by atoms with Crippen molar-refractivity contribution in [1.82, 2.24) is 4.90 Å². The molecule has 152 valence electrons. The third-order valence-corrected chi connectivity index (χ3v) is 5.18. The monoisotopic (exact) mass is 390 g/mol. The number of carbonyl (C=O) groups excluding carboxylic acids is 1. The van der Waals surface area contributed by atoms with E-state index < -0.39 is 6.10 Å². The lowest BCUT2D eigenvalue weighted by molar-refractivity contribution is -0.122. The van der Waals surface area contributed by atoms with E-state index >= 15 is 0 Å². The van der Waals surface area contributed by atoms with Crippen molar-refractivity contribution in [3.63, 3.8) is 0 Å². The van der Waals surface area contributed by atoms with Gasteiger partial charge in [-0.05, 0) is 60.1 Å². The molecule has 0 heterocycles. The molecule has 0 aliphatic rings. The molecule has 0 saturated heterocycles. The van der Waals surface area contributed by atoms with E-state index in [1.807, 2.05) is 55.5 Å². The number of fused-ring (bicyclic) bond motifs is 1. The molecule has 4 heteroatoms. The Hall–Kier alpha value is -2.85. The zero-order valence-electron chi connectivity index (χ0n) is 17.5. The Morgan fingerprint density at radius 2 is 1.62 bits per heavy atom. The van der Waals surface area contributed by atoms with Crippen LogP contribution < -0.4 is 10.1 Å². The van der Waals surface area contributed by atoms with E-state index in [1.54, 1.807) is 0 Å². The van der Waals surface area contributed by atoms with Gasteiger partial charge in [0.2, 0.25) is 0 Å². The van der Waals surface area contributed by atoms with Crippen molar-refractivity contribution < 1.29 is 9.53 Å². The Labute approximate surface area is 173 Å². The number of nitrogens with one attached hydrogen (secondary N) is 1. The first-order valence-corrected chi connectivity index (χ1v) is 10.4. The van der Waals surface area contributed by atoms with Gasteiger partial charge in [0.1, 0.15) is 5.75 Å². The fourth-order valence-corrected chi connectivity index (χ4v) is 3.35. The van der Waals surface area contributed by atoms with Crippen molar-refractivity contribution in [3.8, 4) is 5.75 Å². The molecular formula is C25H30N2O2. The second-order valence-corrected chi connectivity index (χ2v) is 7.17. The van der Waals surface area contributed by atoms with E-state index in [2.05, 4.69) is 42.3 Å². The van der Waals surface area contributed by atoms with Crippen LogP contribution in [0.3, 0.4) is 0 Å². The summed E-state index contributed by atoms with van der Waals surface area (Å²) in [7, 11) is 0. The van der Waals surface area contributed by atoms with Crippen LogP contribution in [0.1, 0.15) is 32.8 Å². The molecule has 0 saturated carbocycles. The zero-order valence-corrected chi connectivity index (χ0v) is 17.5. The van der Waals surface area contributed by atoms with Gasteiger partial charge in [0.05, 0.1) is 0 Å². The predicted octanol–water partition coefficient (Wildman–Crippen LogP) is 5.48. The SMILES string of the molecule is CC[C@@H](Oc1ccc2ccccc2c1)C(=O)Nc1ccc(CN(CC)CC)cc1. The summed E-state index contributed by atoms with van der Waals surface area (Å²) in [5.74, 6) is 0.581. The zero-order chi connectivity index (χ0) is 20.6. The van der Waals surface area contributed by atoms with Crippen molar-refractivity contribution >= 4 is 22.4 Å². The Kier molecular flexibility index (Phi) is 7.25. The van der Waals surface area contributed by atoms with E-state index in [-0.39, 0.29) is 5.91 Å². The molecule has 1 N–H and O–H groups in total. The van der Waals surface area contributed by atoms with Gasteiger partial charge >= 0.3 is 0 Å². The van der Waals surface area contributed by atoms with Gasteiger partial charge in [0, 0.05) is 12.2 Å². The predicted molar refractivity (Wildman–Crippen MR) is 120 cm³/mol. The second kappa shape index (κ2) is 10.1. The van der Waals surface area contributed by atoms with Crippen LogP contribution in [0.5, 0.6) is 5.75 Å². The summed E-state index contributed by atoms with van der Waals surface area (Å²) in [5.41, 5.74) is 2.03. The summed E-state index contributed by atoms with van der Waals surface area (Å²) in [6, 6.07) is 22.1. The van der Waals surface area contributed by atoms with Gasteiger partial charge in [-0.1, -0.05) is 63.2 Å². The number of hydrogen-bond acceptors (Lipinski definition) is 3. The maximum atomic E-state index is 12.7. The average molecular weight is 391 g/mol. The first kappa shape index (κ1) is 20.9. The molecule has 29 heavy (non-hydrogen) atoms. The van der Waals surface area contributed by atoms with Gasteiger partial charge in [-0.15, -0.1) is 0 Å². The van der Waals surface area contributed by atoms with Gasteiger partial charge in [-0.2, -0.15) is 0 Å². The van der Waals surface area contributed by atoms with E-state index in [9.17, 15) is 4.79 Å². The van der Waals surface area contributed by atoms with Crippen LogP contribution in [-0.4, -0.2) is 30.0 Å². The molecule has 3 rings (SSSR count). The Morgan fingerprint density at radius 1 is 0.931 bits per heavy atom. The molecule has 3 aromatic carbocycles. The average Bonchev–Trinajstić information content (AvgIpc) is 2.76. The van der Waals surface area contributed by atoms with E-state index in [0.717, 1.165) is 36.1 Å². The first-order chi connectivity index (χ1) is 14.1. The van der Waals surface area contributed by atoms with Crippen molar-refractivity contribution in [2.45, 2.75) is 39.8 Å². The quantitative estimate of drug-likeness (QED) is 0.526. The minimum absolute atomic E-state index is 0.128. The number of amides is 1. The number of benzene rings is 3. The molecule has 0 unspecified atom stereocenters. The lowest BCUT2D eigenvalue weighted by Crippen LogP contribution is -2.32. The third kappa shape index (κ3) is 5.58.